The highest BCUT2D eigenvalue weighted by molar-refractivity contribution is 9.10. The Morgan fingerprint density at radius 3 is 2.59 bits per heavy atom. The van der Waals surface area contributed by atoms with Gasteiger partial charge >= 0.3 is 0 Å². The van der Waals surface area contributed by atoms with Crippen molar-refractivity contribution in [3.05, 3.63) is 64.5 Å². The van der Waals surface area contributed by atoms with Gasteiger partial charge in [-0.2, -0.15) is 0 Å². The summed E-state index contributed by atoms with van der Waals surface area (Å²) >= 11 is 3.36. The van der Waals surface area contributed by atoms with Gasteiger partial charge in [0.1, 0.15) is 6.04 Å². The lowest BCUT2D eigenvalue weighted by Crippen LogP contribution is -2.49. The van der Waals surface area contributed by atoms with Gasteiger partial charge in [0.05, 0.1) is 12.1 Å². The number of fused-ring (bicyclic) bond motifs is 1. The molecule has 0 fully saturated rings. The highest BCUT2D eigenvalue weighted by Crippen LogP contribution is 2.16. The minimum absolute atomic E-state index is 0.0772. The molecular formula is C19H20BrN5O2. The number of rotatable bonds is 6. The summed E-state index contributed by atoms with van der Waals surface area (Å²) in [5.74, 6) is -0.0208. The zero-order valence-electron chi connectivity index (χ0n) is 15.0. The summed E-state index contributed by atoms with van der Waals surface area (Å²) in [6.07, 6.45) is 1.84. The van der Waals surface area contributed by atoms with Gasteiger partial charge in [-0.15, -0.1) is 10.2 Å². The van der Waals surface area contributed by atoms with E-state index in [0.29, 0.717) is 21.5 Å². The molecule has 0 unspecified atom stereocenters. The highest BCUT2D eigenvalue weighted by atomic mass is 79.9. The fraction of sp³-hybridized carbons (Fsp3) is 0.263. The summed E-state index contributed by atoms with van der Waals surface area (Å²) < 4.78 is 2.49. The molecule has 1 aromatic carbocycles. The van der Waals surface area contributed by atoms with Crippen molar-refractivity contribution in [1.82, 2.24) is 25.2 Å². The van der Waals surface area contributed by atoms with Crippen molar-refractivity contribution in [3.8, 4) is 0 Å². The smallest absolute Gasteiger partial charge is 0.253 e. The lowest BCUT2D eigenvalue weighted by molar-refractivity contribution is -0.124. The third kappa shape index (κ3) is 4.33. The van der Waals surface area contributed by atoms with Crippen LogP contribution in [0.1, 0.15) is 30.0 Å². The van der Waals surface area contributed by atoms with Crippen LogP contribution in [0.15, 0.2) is 53.1 Å². The van der Waals surface area contributed by atoms with E-state index in [9.17, 15) is 9.59 Å². The first kappa shape index (κ1) is 19.0. The summed E-state index contributed by atoms with van der Waals surface area (Å²) in [5.41, 5.74) is 1.20. The number of hydrogen-bond acceptors (Lipinski definition) is 4. The first-order valence-corrected chi connectivity index (χ1v) is 9.38. The van der Waals surface area contributed by atoms with E-state index in [1.165, 1.54) is 0 Å². The van der Waals surface area contributed by atoms with Crippen LogP contribution in [-0.2, 0) is 11.3 Å². The van der Waals surface area contributed by atoms with E-state index in [4.69, 9.17) is 0 Å². The fourth-order valence-corrected chi connectivity index (χ4v) is 3.15. The van der Waals surface area contributed by atoms with Crippen LogP contribution >= 0.6 is 15.9 Å². The molecule has 7 nitrogen and oxygen atoms in total. The molecule has 0 radical (unpaired) electrons. The van der Waals surface area contributed by atoms with Gasteiger partial charge in [0.2, 0.25) is 5.91 Å². The lowest BCUT2D eigenvalue weighted by atomic mass is 10.0. The molecule has 3 rings (SSSR count). The maximum atomic E-state index is 12.7. The van der Waals surface area contributed by atoms with Crippen molar-refractivity contribution in [1.29, 1.82) is 0 Å². The van der Waals surface area contributed by atoms with Gasteiger partial charge in [0, 0.05) is 10.7 Å². The molecule has 8 heteroatoms. The van der Waals surface area contributed by atoms with Crippen LogP contribution in [0.4, 0.5) is 0 Å². The van der Waals surface area contributed by atoms with Crippen LogP contribution in [-0.4, -0.2) is 32.5 Å². The third-order valence-corrected chi connectivity index (χ3v) is 4.85. The summed E-state index contributed by atoms with van der Waals surface area (Å²) in [4.78, 5) is 25.2. The monoisotopic (exact) mass is 429 g/mol. The number of nitrogens with zero attached hydrogens (tertiary/aromatic N) is 3. The number of amides is 2. The quantitative estimate of drug-likeness (QED) is 0.629. The number of pyridine rings is 1. The number of carbonyl (C=O) groups excluding carboxylic acids is 2. The molecule has 0 aliphatic rings. The van der Waals surface area contributed by atoms with Crippen molar-refractivity contribution in [2.75, 3.05) is 0 Å². The van der Waals surface area contributed by atoms with Crippen molar-refractivity contribution in [2.45, 2.75) is 26.4 Å². The summed E-state index contributed by atoms with van der Waals surface area (Å²) in [5, 5.41) is 13.8. The van der Waals surface area contributed by atoms with E-state index in [2.05, 4.69) is 36.8 Å². The highest BCUT2D eigenvalue weighted by Gasteiger charge is 2.25. The second-order valence-corrected chi connectivity index (χ2v) is 7.29. The van der Waals surface area contributed by atoms with Gasteiger partial charge in [-0.3, -0.25) is 14.0 Å². The summed E-state index contributed by atoms with van der Waals surface area (Å²) in [6.45, 7) is 3.99. The van der Waals surface area contributed by atoms with Crippen LogP contribution in [0.25, 0.3) is 5.65 Å². The number of aromatic nitrogens is 3. The SMILES string of the molecule is CC(C)[C@@H](NC(=O)c1ccccc1Br)C(=O)NCc1nnc2ccccn12. The van der Waals surface area contributed by atoms with E-state index < -0.39 is 6.04 Å². The molecule has 2 aromatic heterocycles. The van der Waals surface area contributed by atoms with E-state index in [-0.39, 0.29) is 24.3 Å². The van der Waals surface area contributed by atoms with E-state index >= 15 is 0 Å². The van der Waals surface area contributed by atoms with Gasteiger partial charge in [0.25, 0.3) is 5.91 Å². The van der Waals surface area contributed by atoms with Crippen molar-refractivity contribution in [2.24, 2.45) is 5.92 Å². The number of carbonyl (C=O) groups is 2. The lowest BCUT2D eigenvalue weighted by Gasteiger charge is -2.22. The average Bonchev–Trinajstić information content (AvgIpc) is 3.07. The average molecular weight is 430 g/mol. The van der Waals surface area contributed by atoms with Crippen molar-refractivity contribution >= 4 is 33.4 Å². The van der Waals surface area contributed by atoms with E-state index in [0.717, 1.165) is 0 Å². The molecule has 0 spiro atoms. The summed E-state index contributed by atoms with van der Waals surface area (Å²) in [7, 11) is 0. The van der Waals surface area contributed by atoms with Gasteiger partial charge in [-0.1, -0.05) is 32.0 Å². The normalized spacial score (nSPS) is 12.1. The molecule has 27 heavy (non-hydrogen) atoms. The Balaban J connectivity index is 1.68. The maximum absolute atomic E-state index is 12.7. The van der Waals surface area contributed by atoms with Crippen LogP contribution in [0.5, 0.6) is 0 Å². The zero-order valence-corrected chi connectivity index (χ0v) is 16.6. The second-order valence-electron chi connectivity index (χ2n) is 6.44. The molecule has 0 aliphatic heterocycles. The van der Waals surface area contributed by atoms with Gasteiger partial charge < -0.3 is 10.6 Å². The first-order valence-electron chi connectivity index (χ1n) is 8.59. The fourth-order valence-electron chi connectivity index (χ4n) is 2.69. The Kier molecular flexibility index (Phi) is 5.85. The van der Waals surface area contributed by atoms with Gasteiger partial charge in [-0.25, -0.2) is 0 Å². The molecule has 0 saturated carbocycles. The Hall–Kier alpha value is -2.74. The molecule has 0 aliphatic carbocycles. The third-order valence-electron chi connectivity index (χ3n) is 4.16. The molecule has 0 bridgehead atoms. The minimum Gasteiger partial charge on any atom is -0.347 e. The predicted molar refractivity (Wildman–Crippen MR) is 105 cm³/mol. The largest absolute Gasteiger partial charge is 0.347 e. The Bertz CT molecular complexity index is 969. The Morgan fingerprint density at radius 2 is 1.85 bits per heavy atom. The second kappa shape index (κ2) is 8.30. The van der Waals surface area contributed by atoms with E-state index in [1.54, 1.807) is 18.2 Å². The molecule has 140 valence electrons. The van der Waals surface area contributed by atoms with Crippen LogP contribution in [0.3, 0.4) is 0 Å². The molecule has 2 N–H and O–H groups in total. The van der Waals surface area contributed by atoms with Crippen LogP contribution < -0.4 is 10.6 Å². The molecule has 3 aromatic rings. The molecule has 0 saturated heterocycles. The number of hydrogen-bond donors (Lipinski definition) is 2. The number of nitrogens with one attached hydrogen (secondary N) is 2. The van der Waals surface area contributed by atoms with E-state index in [1.807, 2.05) is 48.7 Å². The molecule has 2 amide bonds. The zero-order chi connectivity index (χ0) is 19.4. The molecule has 2 heterocycles. The number of benzene rings is 1. The van der Waals surface area contributed by atoms with Crippen molar-refractivity contribution < 1.29 is 9.59 Å². The Labute approximate surface area is 165 Å². The van der Waals surface area contributed by atoms with Crippen LogP contribution in [0, 0.1) is 5.92 Å². The topological polar surface area (TPSA) is 88.4 Å². The number of halogens is 1. The van der Waals surface area contributed by atoms with Crippen LogP contribution in [0.2, 0.25) is 0 Å². The van der Waals surface area contributed by atoms with Gasteiger partial charge in [0.15, 0.2) is 11.5 Å². The standard InChI is InChI=1S/C19H20BrN5O2/c1-12(2)17(22-18(26)13-7-3-4-8-14(13)20)19(27)21-11-16-24-23-15-9-5-6-10-25(15)16/h3-10,12,17H,11H2,1-2H3,(H,21,27)(H,22,26)/t17-/m1/s1. The molecular weight excluding hydrogens is 410 g/mol. The predicted octanol–water partition coefficient (Wildman–Crippen LogP) is 2.56. The maximum Gasteiger partial charge on any atom is 0.253 e. The minimum atomic E-state index is -0.663. The van der Waals surface area contributed by atoms with Gasteiger partial charge in [-0.05, 0) is 46.1 Å². The Morgan fingerprint density at radius 1 is 1.11 bits per heavy atom. The van der Waals surface area contributed by atoms with Crippen molar-refractivity contribution in [3.63, 3.8) is 0 Å². The first-order chi connectivity index (χ1) is 13.0. The molecule has 1 atom stereocenters. The summed E-state index contributed by atoms with van der Waals surface area (Å²) in [6, 6.07) is 12.0.